The summed E-state index contributed by atoms with van der Waals surface area (Å²) in [6, 6.07) is 6.63. The van der Waals surface area contributed by atoms with Crippen molar-refractivity contribution >= 4 is 16.1 Å². The first-order chi connectivity index (χ1) is 10.5. The lowest BCUT2D eigenvalue weighted by Crippen LogP contribution is -2.52. The van der Waals surface area contributed by atoms with Crippen LogP contribution in [0, 0.1) is 11.3 Å². The van der Waals surface area contributed by atoms with Crippen molar-refractivity contribution in [2.45, 2.75) is 38.6 Å². The summed E-state index contributed by atoms with van der Waals surface area (Å²) < 4.78 is 39.4. The second-order valence-electron chi connectivity index (χ2n) is 5.82. The predicted octanol–water partition coefficient (Wildman–Crippen LogP) is 1.68. The number of carbonyl (C=O) groups excluding carboxylic acids is 1. The Morgan fingerprint density at radius 3 is 2.57 bits per heavy atom. The Morgan fingerprint density at radius 2 is 2.04 bits per heavy atom. The summed E-state index contributed by atoms with van der Waals surface area (Å²) in [6.07, 6.45) is -1.17. The monoisotopic (exact) mass is 339 g/mol. The first-order valence-electron chi connectivity index (χ1n) is 6.82. The lowest BCUT2D eigenvalue weighted by atomic mass is 9.87. The molecule has 0 aliphatic carbocycles. The Kier molecular flexibility index (Phi) is 4.37. The Bertz CT molecular complexity index is 778. The fourth-order valence-corrected chi connectivity index (χ4v) is 3.17. The van der Waals surface area contributed by atoms with Gasteiger partial charge in [0, 0.05) is 12.5 Å². The number of carbonyl (C=O) groups is 1. The van der Waals surface area contributed by atoms with Gasteiger partial charge in [-0.25, -0.2) is 0 Å². The average Bonchev–Trinajstić information content (AvgIpc) is 2.40. The number of hydrogen-bond donors (Lipinski definition) is 0. The van der Waals surface area contributed by atoms with Gasteiger partial charge in [0.2, 0.25) is 0 Å². The maximum Gasteiger partial charge on any atom is 0.303 e. The second-order valence-corrected chi connectivity index (χ2v) is 7.42. The van der Waals surface area contributed by atoms with Crippen molar-refractivity contribution in [2.24, 2.45) is 0 Å². The zero-order chi connectivity index (χ0) is 17.4. The molecular formula is C15H17NO6S. The largest absolute Gasteiger partial charge is 0.484 e. The maximum absolute atomic E-state index is 11.6. The van der Waals surface area contributed by atoms with E-state index < -0.39 is 33.9 Å². The minimum absolute atomic E-state index is 0.335. The van der Waals surface area contributed by atoms with Crippen molar-refractivity contribution in [3.63, 3.8) is 0 Å². The van der Waals surface area contributed by atoms with Crippen LogP contribution in [0.25, 0.3) is 0 Å². The van der Waals surface area contributed by atoms with Gasteiger partial charge in [-0.15, -0.1) is 0 Å². The van der Waals surface area contributed by atoms with E-state index in [-0.39, 0.29) is 0 Å². The first-order valence-corrected chi connectivity index (χ1v) is 8.63. The van der Waals surface area contributed by atoms with E-state index >= 15 is 0 Å². The number of ether oxygens (including phenoxy) is 2. The van der Waals surface area contributed by atoms with Crippen LogP contribution in [0.3, 0.4) is 0 Å². The normalized spacial score (nSPS) is 22.4. The summed E-state index contributed by atoms with van der Waals surface area (Å²) in [5.41, 5.74) is -0.334. The highest BCUT2D eigenvalue weighted by molar-refractivity contribution is 7.86. The number of fused-ring (bicyclic) bond motifs is 1. The topological polar surface area (TPSA) is 103 Å². The number of hydrogen-bond acceptors (Lipinski definition) is 7. The van der Waals surface area contributed by atoms with Crippen molar-refractivity contribution in [1.29, 1.82) is 5.26 Å². The molecule has 23 heavy (non-hydrogen) atoms. The van der Waals surface area contributed by atoms with Crippen molar-refractivity contribution in [1.82, 2.24) is 0 Å². The van der Waals surface area contributed by atoms with Gasteiger partial charge in [0.1, 0.15) is 11.4 Å². The molecule has 0 fully saturated rings. The number of nitriles is 1. The molecule has 0 radical (unpaired) electrons. The van der Waals surface area contributed by atoms with E-state index in [2.05, 4.69) is 0 Å². The third kappa shape index (κ3) is 3.81. The zero-order valence-electron chi connectivity index (χ0n) is 13.2. The quantitative estimate of drug-likeness (QED) is 0.609. The minimum Gasteiger partial charge on any atom is -0.484 e. The van der Waals surface area contributed by atoms with Crippen molar-refractivity contribution in [3.8, 4) is 11.8 Å². The number of esters is 1. The molecule has 7 nitrogen and oxygen atoms in total. The van der Waals surface area contributed by atoms with Crippen molar-refractivity contribution in [3.05, 3.63) is 29.3 Å². The van der Waals surface area contributed by atoms with Crippen LogP contribution in [0.5, 0.6) is 5.75 Å². The Morgan fingerprint density at radius 1 is 1.39 bits per heavy atom. The Labute approximate surface area is 134 Å². The van der Waals surface area contributed by atoms with Gasteiger partial charge < -0.3 is 9.47 Å². The molecule has 0 saturated heterocycles. The van der Waals surface area contributed by atoms with Crippen LogP contribution < -0.4 is 4.74 Å². The smallest absolute Gasteiger partial charge is 0.303 e. The van der Waals surface area contributed by atoms with Gasteiger partial charge in [-0.3, -0.25) is 8.98 Å². The molecule has 2 atom stereocenters. The maximum atomic E-state index is 11.6. The molecule has 2 rings (SSSR count). The highest BCUT2D eigenvalue weighted by atomic mass is 32.2. The number of rotatable bonds is 3. The molecule has 124 valence electrons. The van der Waals surface area contributed by atoms with Crippen molar-refractivity contribution in [2.75, 3.05) is 6.26 Å². The molecule has 0 spiro atoms. The standard InChI is InChI=1S/C15H17NO6S/c1-9(17)20-13-11-7-10(8-16)5-6-12(11)21-15(2,3)14(13)22-23(4,18)19/h5-7,13-14H,1-4H3/t13-,14+/m0/s1. The highest BCUT2D eigenvalue weighted by Crippen LogP contribution is 2.44. The van der Waals surface area contributed by atoms with E-state index in [4.69, 9.17) is 18.9 Å². The molecule has 0 unspecified atom stereocenters. The predicted molar refractivity (Wildman–Crippen MR) is 80.1 cm³/mol. The van der Waals surface area contributed by atoms with Gasteiger partial charge in [0.25, 0.3) is 10.1 Å². The number of benzene rings is 1. The van der Waals surface area contributed by atoms with Gasteiger partial charge in [-0.2, -0.15) is 13.7 Å². The van der Waals surface area contributed by atoms with Gasteiger partial charge in [-0.1, -0.05) is 0 Å². The van der Waals surface area contributed by atoms with Crippen molar-refractivity contribution < 1.29 is 26.9 Å². The third-order valence-electron chi connectivity index (χ3n) is 3.35. The van der Waals surface area contributed by atoms with E-state index in [9.17, 15) is 13.2 Å². The molecule has 1 aliphatic rings. The summed E-state index contributed by atoms with van der Waals surface area (Å²) in [5, 5.41) is 9.04. The van der Waals surface area contributed by atoms with E-state index in [1.165, 1.54) is 13.0 Å². The van der Waals surface area contributed by atoms with Crippen LogP contribution in [-0.4, -0.2) is 32.3 Å². The fourth-order valence-electron chi connectivity index (χ4n) is 2.46. The van der Waals surface area contributed by atoms with E-state index in [1.807, 2.05) is 6.07 Å². The Balaban J connectivity index is 2.59. The summed E-state index contributed by atoms with van der Waals surface area (Å²) in [6.45, 7) is 4.49. The van der Waals surface area contributed by atoms with Gasteiger partial charge in [-0.05, 0) is 32.0 Å². The molecule has 1 heterocycles. The molecule has 0 amide bonds. The molecule has 1 aliphatic heterocycles. The molecule has 0 bridgehead atoms. The molecular weight excluding hydrogens is 322 g/mol. The fraction of sp³-hybridized carbons (Fsp3) is 0.467. The summed E-state index contributed by atoms with van der Waals surface area (Å²) >= 11 is 0. The lowest BCUT2D eigenvalue weighted by molar-refractivity contribution is -0.163. The summed E-state index contributed by atoms with van der Waals surface area (Å²) in [4.78, 5) is 11.5. The SMILES string of the molecule is CC(=O)O[C@H]1c2cc(C#N)ccc2OC(C)(C)[C@@H]1OS(C)(=O)=O. The van der Waals surface area contributed by atoms with E-state index in [1.54, 1.807) is 26.0 Å². The molecule has 1 aromatic carbocycles. The van der Waals surface area contributed by atoms with Crippen LogP contribution in [0.1, 0.15) is 38.0 Å². The molecule has 0 saturated carbocycles. The van der Waals surface area contributed by atoms with E-state index in [0.717, 1.165) is 6.26 Å². The first kappa shape index (κ1) is 17.2. The van der Waals surface area contributed by atoms with Crippen LogP contribution in [0.2, 0.25) is 0 Å². The third-order valence-corrected chi connectivity index (χ3v) is 3.91. The second kappa shape index (κ2) is 5.83. The van der Waals surface area contributed by atoms with Gasteiger partial charge in [0.15, 0.2) is 12.2 Å². The number of nitrogens with zero attached hydrogens (tertiary/aromatic N) is 1. The van der Waals surface area contributed by atoms with Crippen LogP contribution in [0.15, 0.2) is 18.2 Å². The van der Waals surface area contributed by atoms with Gasteiger partial charge in [0.05, 0.1) is 17.9 Å². The minimum atomic E-state index is -3.82. The Hall–Kier alpha value is -2.11. The van der Waals surface area contributed by atoms with Crippen LogP contribution >= 0.6 is 0 Å². The molecule has 0 aromatic heterocycles. The summed E-state index contributed by atoms with van der Waals surface area (Å²) in [5.74, 6) is -0.184. The average molecular weight is 339 g/mol. The highest BCUT2D eigenvalue weighted by Gasteiger charge is 2.48. The van der Waals surface area contributed by atoms with Crippen LogP contribution in [-0.2, 0) is 23.8 Å². The zero-order valence-corrected chi connectivity index (χ0v) is 14.0. The van der Waals surface area contributed by atoms with Crippen LogP contribution in [0.4, 0.5) is 0 Å². The summed E-state index contributed by atoms with van der Waals surface area (Å²) in [7, 11) is -3.82. The lowest BCUT2D eigenvalue weighted by Gasteiger charge is -2.42. The van der Waals surface area contributed by atoms with E-state index in [0.29, 0.717) is 16.9 Å². The molecule has 1 aromatic rings. The molecule has 8 heteroatoms. The molecule has 0 N–H and O–H groups in total. The van der Waals surface area contributed by atoms with Gasteiger partial charge >= 0.3 is 5.97 Å².